The van der Waals surface area contributed by atoms with E-state index in [0.717, 1.165) is 36.7 Å². The van der Waals surface area contributed by atoms with E-state index in [4.69, 9.17) is 9.47 Å². The van der Waals surface area contributed by atoms with E-state index in [1.807, 2.05) is 6.07 Å². The zero-order chi connectivity index (χ0) is 25.6. The Morgan fingerprint density at radius 2 is 1.32 bits per heavy atom. The molecule has 0 radical (unpaired) electrons. The molecule has 5 rings (SSSR count). The first-order valence-electron chi connectivity index (χ1n) is 13.2. The lowest BCUT2D eigenvalue weighted by Crippen LogP contribution is -2.27. The second-order valence-electron chi connectivity index (χ2n) is 9.35. The van der Waals surface area contributed by atoms with E-state index in [0.29, 0.717) is 6.61 Å². The van der Waals surface area contributed by atoms with Gasteiger partial charge in [0.05, 0.1) is 7.11 Å². The minimum Gasteiger partial charge on any atom is -0.496 e. The summed E-state index contributed by atoms with van der Waals surface area (Å²) in [6, 6.07) is 36.7. The SMILES string of the molecule is CCN(CC)CCOc1ccc(C(c2ccccc2OC)c2cc3ccccc3c3ccccc23)cc1.Cl. The van der Waals surface area contributed by atoms with Gasteiger partial charge in [-0.25, -0.2) is 0 Å². The molecule has 5 aromatic carbocycles. The number of halogens is 1. The van der Waals surface area contributed by atoms with Crippen molar-refractivity contribution in [3.05, 3.63) is 120 Å². The van der Waals surface area contributed by atoms with Gasteiger partial charge in [-0.15, -0.1) is 12.4 Å². The third-order valence-corrected chi connectivity index (χ3v) is 7.35. The molecule has 0 aliphatic rings. The van der Waals surface area contributed by atoms with Gasteiger partial charge in [-0.2, -0.15) is 0 Å². The molecule has 0 aromatic heterocycles. The first-order chi connectivity index (χ1) is 18.2. The second-order valence-corrected chi connectivity index (χ2v) is 9.35. The summed E-state index contributed by atoms with van der Waals surface area (Å²) in [6.45, 7) is 8.08. The molecule has 0 heterocycles. The Bertz CT molecular complexity index is 1480. The number of para-hydroxylation sites is 1. The van der Waals surface area contributed by atoms with Gasteiger partial charge < -0.3 is 14.4 Å². The summed E-state index contributed by atoms with van der Waals surface area (Å²) in [5.41, 5.74) is 3.63. The fourth-order valence-corrected chi connectivity index (χ4v) is 5.34. The lowest BCUT2D eigenvalue weighted by Gasteiger charge is -2.24. The number of benzene rings is 5. The summed E-state index contributed by atoms with van der Waals surface area (Å²) in [4.78, 5) is 2.37. The monoisotopic (exact) mass is 525 g/mol. The summed E-state index contributed by atoms with van der Waals surface area (Å²) in [6.07, 6.45) is 0. The van der Waals surface area contributed by atoms with Crippen LogP contribution in [0.15, 0.2) is 103 Å². The van der Waals surface area contributed by atoms with Crippen LogP contribution in [0.4, 0.5) is 0 Å². The molecule has 0 aliphatic carbocycles. The molecule has 0 spiro atoms. The highest BCUT2D eigenvalue weighted by Crippen LogP contribution is 2.42. The predicted molar refractivity (Wildman–Crippen MR) is 162 cm³/mol. The van der Waals surface area contributed by atoms with Crippen LogP contribution in [0.1, 0.15) is 36.5 Å². The molecule has 196 valence electrons. The summed E-state index contributed by atoms with van der Waals surface area (Å²) in [5, 5.41) is 5.05. The van der Waals surface area contributed by atoms with E-state index in [2.05, 4.69) is 116 Å². The van der Waals surface area contributed by atoms with Crippen molar-refractivity contribution in [1.82, 2.24) is 4.90 Å². The van der Waals surface area contributed by atoms with Crippen LogP contribution in [-0.2, 0) is 0 Å². The van der Waals surface area contributed by atoms with Gasteiger partial charge in [0.2, 0.25) is 0 Å². The van der Waals surface area contributed by atoms with Crippen LogP contribution in [0.5, 0.6) is 11.5 Å². The Kier molecular flexibility index (Phi) is 9.28. The highest BCUT2D eigenvalue weighted by atomic mass is 35.5. The fourth-order valence-electron chi connectivity index (χ4n) is 5.34. The van der Waals surface area contributed by atoms with Gasteiger partial charge in [0.25, 0.3) is 0 Å². The quantitative estimate of drug-likeness (QED) is 0.135. The summed E-state index contributed by atoms with van der Waals surface area (Å²) in [7, 11) is 1.75. The van der Waals surface area contributed by atoms with Crippen molar-refractivity contribution in [3.63, 3.8) is 0 Å². The molecule has 0 amide bonds. The summed E-state index contributed by atoms with van der Waals surface area (Å²) >= 11 is 0. The summed E-state index contributed by atoms with van der Waals surface area (Å²) in [5.74, 6) is 1.80. The van der Waals surface area contributed by atoms with E-state index in [1.165, 1.54) is 32.7 Å². The van der Waals surface area contributed by atoms with E-state index < -0.39 is 0 Å². The standard InChI is InChI=1S/C34H35NO2.ClH/c1-4-35(5-2)22-23-37-27-20-18-25(19-21-27)34(31-16-10-11-17-33(31)36-3)32-24-26-12-6-7-13-28(26)29-14-8-9-15-30(29)32;/h6-21,24,34H,4-5,22-23H2,1-3H3;1H. The molecule has 3 nitrogen and oxygen atoms in total. The second kappa shape index (κ2) is 12.8. The van der Waals surface area contributed by atoms with Gasteiger partial charge in [-0.3, -0.25) is 0 Å². The number of nitrogens with zero attached hydrogens (tertiary/aromatic N) is 1. The molecule has 0 fully saturated rings. The van der Waals surface area contributed by atoms with Crippen LogP contribution >= 0.6 is 12.4 Å². The molecule has 4 heteroatoms. The molecule has 0 aliphatic heterocycles. The van der Waals surface area contributed by atoms with Crippen molar-refractivity contribution in [3.8, 4) is 11.5 Å². The van der Waals surface area contributed by atoms with Gasteiger partial charge in [0, 0.05) is 18.0 Å². The Morgan fingerprint density at radius 1 is 0.684 bits per heavy atom. The number of likely N-dealkylation sites (N-methyl/N-ethyl adjacent to an activating group) is 1. The number of methoxy groups -OCH3 is 1. The lowest BCUT2D eigenvalue weighted by molar-refractivity contribution is 0.223. The Morgan fingerprint density at radius 3 is 2.03 bits per heavy atom. The highest BCUT2D eigenvalue weighted by molar-refractivity contribution is 6.09. The minimum atomic E-state index is 0. The van der Waals surface area contributed by atoms with Crippen LogP contribution in [0.3, 0.4) is 0 Å². The van der Waals surface area contributed by atoms with Crippen molar-refractivity contribution in [2.75, 3.05) is 33.4 Å². The Hall–Kier alpha value is -3.53. The average molecular weight is 526 g/mol. The number of ether oxygens (including phenoxy) is 2. The molecule has 1 unspecified atom stereocenters. The third kappa shape index (κ3) is 5.65. The average Bonchev–Trinajstić information content (AvgIpc) is 2.96. The normalized spacial score (nSPS) is 11.9. The predicted octanol–water partition coefficient (Wildman–Crippen LogP) is 8.32. The minimum absolute atomic E-state index is 0. The van der Waals surface area contributed by atoms with Crippen LogP contribution in [-0.4, -0.2) is 38.3 Å². The molecular weight excluding hydrogens is 490 g/mol. The number of rotatable bonds is 10. The smallest absolute Gasteiger partial charge is 0.123 e. The van der Waals surface area contributed by atoms with Crippen LogP contribution < -0.4 is 9.47 Å². The van der Waals surface area contributed by atoms with E-state index >= 15 is 0 Å². The zero-order valence-corrected chi connectivity index (χ0v) is 23.2. The van der Waals surface area contributed by atoms with Crippen molar-refractivity contribution in [2.45, 2.75) is 19.8 Å². The molecule has 1 atom stereocenters. The molecule has 0 N–H and O–H groups in total. The lowest BCUT2D eigenvalue weighted by atomic mass is 9.81. The zero-order valence-electron chi connectivity index (χ0n) is 22.4. The maximum Gasteiger partial charge on any atom is 0.123 e. The number of hydrogen-bond donors (Lipinski definition) is 0. The Balaban J connectivity index is 0.00000336. The fraction of sp³-hybridized carbons (Fsp3) is 0.235. The van der Waals surface area contributed by atoms with Crippen molar-refractivity contribution in [2.24, 2.45) is 0 Å². The van der Waals surface area contributed by atoms with Crippen LogP contribution in [0.2, 0.25) is 0 Å². The first kappa shape index (κ1) is 27.5. The molecule has 0 saturated carbocycles. The number of hydrogen-bond acceptors (Lipinski definition) is 3. The van der Waals surface area contributed by atoms with Crippen molar-refractivity contribution >= 4 is 34.0 Å². The molecule has 0 bridgehead atoms. The maximum atomic E-state index is 6.09. The number of fused-ring (bicyclic) bond motifs is 3. The molecule has 38 heavy (non-hydrogen) atoms. The molecule has 5 aromatic rings. The molecule has 0 saturated heterocycles. The molecular formula is C34H36ClNO2. The van der Waals surface area contributed by atoms with Crippen molar-refractivity contribution < 1.29 is 9.47 Å². The van der Waals surface area contributed by atoms with E-state index in [9.17, 15) is 0 Å². The van der Waals surface area contributed by atoms with Gasteiger partial charge >= 0.3 is 0 Å². The van der Waals surface area contributed by atoms with Gasteiger partial charge in [-0.05, 0) is 70.0 Å². The maximum absolute atomic E-state index is 6.09. The largest absolute Gasteiger partial charge is 0.496 e. The van der Waals surface area contributed by atoms with Crippen molar-refractivity contribution in [1.29, 1.82) is 0 Å². The first-order valence-corrected chi connectivity index (χ1v) is 13.2. The van der Waals surface area contributed by atoms with Gasteiger partial charge in [0.1, 0.15) is 18.1 Å². The third-order valence-electron chi connectivity index (χ3n) is 7.35. The van der Waals surface area contributed by atoms with Crippen LogP contribution in [0.25, 0.3) is 21.5 Å². The van der Waals surface area contributed by atoms with E-state index in [-0.39, 0.29) is 18.3 Å². The van der Waals surface area contributed by atoms with Crippen LogP contribution in [0, 0.1) is 0 Å². The summed E-state index contributed by atoms with van der Waals surface area (Å²) < 4.78 is 12.0. The van der Waals surface area contributed by atoms with E-state index in [1.54, 1.807) is 7.11 Å². The topological polar surface area (TPSA) is 21.7 Å². The highest BCUT2D eigenvalue weighted by Gasteiger charge is 2.23. The Labute approximate surface area is 232 Å². The van der Waals surface area contributed by atoms with Gasteiger partial charge in [-0.1, -0.05) is 92.7 Å². The van der Waals surface area contributed by atoms with Gasteiger partial charge in [0.15, 0.2) is 0 Å².